The number of nitrogens with one attached hydrogen (secondary N) is 2. The number of hydrogen-bond donors (Lipinski definition) is 2. The smallest absolute Gasteiger partial charge is 0.249 e. The summed E-state index contributed by atoms with van der Waals surface area (Å²) in [4.78, 5) is 28.6. The van der Waals surface area contributed by atoms with Gasteiger partial charge in [-0.1, -0.05) is 36.3 Å². The van der Waals surface area contributed by atoms with Gasteiger partial charge < -0.3 is 10.6 Å². The van der Waals surface area contributed by atoms with E-state index in [1.807, 2.05) is 25.1 Å². The van der Waals surface area contributed by atoms with Gasteiger partial charge in [0.1, 0.15) is 6.04 Å². The summed E-state index contributed by atoms with van der Waals surface area (Å²) in [6.07, 6.45) is 4.21. The first kappa shape index (κ1) is 15.9. The van der Waals surface area contributed by atoms with Crippen molar-refractivity contribution in [2.75, 3.05) is 5.32 Å². The molecule has 5 nitrogen and oxygen atoms in total. The van der Waals surface area contributed by atoms with E-state index in [0.29, 0.717) is 5.13 Å². The summed E-state index contributed by atoms with van der Waals surface area (Å²) >= 11 is 1.46. The van der Waals surface area contributed by atoms with Crippen LogP contribution in [0.3, 0.4) is 0 Å². The van der Waals surface area contributed by atoms with Crippen molar-refractivity contribution in [1.82, 2.24) is 10.3 Å². The van der Waals surface area contributed by atoms with E-state index in [-0.39, 0.29) is 17.7 Å². The molecule has 0 saturated heterocycles. The number of rotatable bonds is 4. The molecule has 2 aromatic rings. The summed E-state index contributed by atoms with van der Waals surface area (Å²) in [5, 5.41) is 6.30. The van der Waals surface area contributed by atoms with E-state index in [1.165, 1.54) is 18.3 Å². The van der Waals surface area contributed by atoms with Gasteiger partial charge in [-0.15, -0.1) is 0 Å². The van der Waals surface area contributed by atoms with E-state index in [0.717, 1.165) is 41.5 Å². The number of nitrogens with zero attached hydrogens (tertiary/aromatic N) is 1. The molecule has 1 aromatic heterocycles. The zero-order valence-corrected chi connectivity index (χ0v) is 14.2. The van der Waals surface area contributed by atoms with Crippen molar-refractivity contribution in [3.63, 3.8) is 0 Å². The summed E-state index contributed by atoms with van der Waals surface area (Å²) in [5.74, 6) is -0.115. The van der Waals surface area contributed by atoms with Gasteiger partial charge in [-0.3, -0.25) is 9.59 Å². The van der Waals surface area contributed by atoms with Crippen molar-refractivity contribution in [3.8, 4) is 0 Å². The SMILES string of the molecule is CC(=O)N[C@@H](C(=O)Nc1nc2c(C)cccc2s1)C1CCCC1. The average Bonchev–Trinajstić information content (AvgIpc) is 3.14. The van der Waals surface area contributed by atoms with Crippen molar-refractivity contribution in [2.24, 2.45) is 5.92 Å². The fourth-order valence-electron chi connectivity index (χ4n) is 3.23. The first-order valence-electron chi connectivity index (χ1n) is 7.98. The number of amides is 2. The van der Waals surface area contributed by atoms with Crippen molar-refractivity contribution >= 4 is 38.5 Å². The summed E-state index contributed by atoms with van der Waals surface area (Å²) in [7, 11) is 0. The van der Waals surface area contributed by atoms with Gasteiger partial charge >= 0.3 is 0 Å². The van der Waals surface area contributed by atoms with Gasteiger partial charge in [-0.05, 0) is 37.3 Å². The van der Waals surface area contributed by atoms with Crippen LogP contribution in [0.15, 0.2) is 18.2 Å². The highest BCUT2D eigenvalue weighted by atomic mass is 32.1. The number of carbonyl (C=O) groups is 2. The van der Waals surface area contributed by atoms with E-state index < -0.39 is 6.04 Å². The fourth-order valence-corrected chi connectivity index (χ4v) is 4.18. The quantitative estimate of drug-likeness (QED) is 0.903. The predicted octanol–water partition coefficient (Wildman–Crippen LogP) is 3.24. The minimum absolute atomic E-state index is 0.163. The van der Waals surface area contributed by atoms with Crippen molar-refractivity contribution < 1.29 is 9.59 Å². The second kappa shape index (κ2) is 6.66. The number of carbonyl (C=O) groups excluding carboxylic acids is 2. The Hall–Kier alpha value is -1.95. The maximum absolute atomic E-state index is 12.6. The molecule has 23 heavy (non-hydrogen) atoms. The van der Waals surface area contributed by atoms with Gasteiger partial charge in [-0.2, -0.15) is 0 Å². The van der Waals surface area contributed by atoms with Gasteiger partial charge in [0.15, 0.2) is 5.13 Å². The molecule has 1 aliphatic carbocycles. The zero-order valence-electron chi connectivity index (χ0n) is 13.4. The van der Waals surface area contributed by atoms with E-state index in [9.17, 15) is 9.59 Å². The van der Waals surface area contributed by atoms with Gasteiger partial charge in [0.05, 0.1) is 10.2 Å². The molecule has 1 aliphatic rings. The molecule has 0 bridgehead atoms. The van der Waals surface area contributed by atoms with Crippen molar-refractivity contribution in [3.05, 3.63) is 23.8 Å². The monoisotopic (exact) mass is 331 g/mol. The Labute approximate surface area is 139 Å². The van der Waals surface area contributed by atoms with Crippen LogP contribution in [0, 0.1) is 12.8 Å². The Morgan fingerprint density at radius 2 is 2.04 bits per heavy atom. The van der Waals surface area contributed by atoms with E-state index >= 15 is 0 Å². The van der Waals surface area contributed by atoms with Gasteiger partial charge in [0.25, 0.3) is 0 Å². The molecule has 1 saturated carbocycles. The molecule has 6 heteroatoms. The molecule has 2 amide bonds. The third-order valence-electron chi connectivity index (χ3n) is 4.36. The van der Waals surface area contributed by atoms with Crippen LogP contribution in [0.25, 0.3) is 10.2 Å². The molecule has 3 rings (SSSR count). The zero-order chi connectivity index (χ0) is 16.4. The van der Waals surface area contributed by atoms with Crippen LogP contribution in [0.1, 0.15) is 38.2 Å². The van der Waals surface area contributed by atoms with E-state index in [4.69, 9.17) is 0 Å². The first-order chi connectivity index (χ1) is 11.0. The molecule has 0 unspecified atom stereocenters. The van der Waals surface area contributed by atoms with Crippen LogP contribution in [-0.2, 0) is 9.59 Å². The highest BCUT2D eigenvalue weighted by molar-refractivity contribution is 7.22. The van der Waals surface area contributed by atoms with Crippen LogP contribution in [0.5, 0.6) is 0 Å². The lowest BCUT2D eigenvalue weighted by atomic mass is 9.97. The number of aromatic nitrogens is 1. The lowest BCUT2D eigenvalue weighted by molar-refractivity contribution is -0.126. The highest BCUT2D eigenvalue weighted by Gasteiger charge is 2.31. The summed E-state index contributed by atoms with van der Waals surface area (Å²) < 4.78 is 1.05. The molecule has 1 atom stereocenters. The Balaban J connectivity index is 1.79. The van der Waals surface area contributed by atoms with Crippen molar-refractivity contribution in [1.29, 1.82) is 0 Å². The van der Waals surface area contributed by atoms with Gasteiger partial charge in [0, 0.05) is 6.92 Å². The number of benzene rings is 1. The Morgan fingerprint density at radius 3 is 2.70 bits per heavy atom. The molecule has 1 heterocycles. The molecule has 1 aromatic carbocycles. The van der Waals surface area contributed by atoms with E-state index in [1.54, 1.807) is 0 Å². The van der Waals surface area contributed by atoms with Crippen molar-refractivity contribution in [2.45, 2.75) is 45.6 Å². The summed E-state index contributed by atoms with van der Waals surface area (Å²) in [5.41, 5.74) is 2.01. The molecule has 2 N–H and O–H groups in total. The number of anilines is 1. The second-order valence-corrected chi connectivity index (χ2v) is 7.18. The number of aryl methyl sites for hydroxylation is 1. The number of para-hydroxylation sites is 1. The standard InChI is InChI=1S/C17H21N3O2S/c1-10-6-5-9-13-14(10)19-17(23-13)20-16(22)15(18-11(2)21)12-7-3-4-8-12/h5-6,9,12,15H,3-4,7-8H2,1-2H3,(H,18,21)(H,19,20,22)/t15-/m1/s1. The molecular formula is C17H21N3O2S. The maximum Gasteiger partial charge on any atom is 0.249 e. The Kier molecular flexibility index (Phi) is 4.61. The topological polar surface area (TPSA) is 71.1 Å². The molecule has 0 radical (unpaired) electrons. The maximum atomic E-state index is 12.6. The third kappa shape index (κ3) is 3.52. The van der Waals surface area contributed by atoms with Crippen LogP contribution in [0.2, 0.25) is 0 Å². The number of hydrogen-bond acceptors (Lipinski definition) is 4. The molecular weight excluding hydrogens is 310 g/mol. The molecule has 0 spiro atoms. The summed E-state index contributed by atoms with van der Waals surface area (Å²) in [6.45, 7) is 3.46. The predicted molar refractivity (Wildman–Crippen MR) is 92.5 cm³/mol. The minimum Gasteiger partial charge on any atom is -0.344 e. The molecule has 0 aliphatic heterocycles. The Bertz CT molecular complexity index is 735. The molecule has 122 valence electrons. The van der Waals surface area contributed by atoms with Gasteiger partial charge in [0.2, 0.25) is 11.8 Å². The highest BCUT2D eigenvalue weighted by Crippen LogP contribution is 2.30. The molecule has 1 fully saturated rings. The third-order valence-corrected chi connectivity index (χ3v) is 5.30. The van der Waals surface area contributed by atoms with Crippen LogP contribution in [-0.4, -0.2) is 22.8 Å². The van der Waals surface area contributed by atoms with Gasteiger partial charge in [-0.25, -0.2) is 4.98 Å². The number of thiazole rings is 1. The normalized spacial score (nSPS) is 16.4. The van der Waals surface area contributed by atoms with E-state index in [2.05, 4.69) is 15.6 Å². The Morgan fingerprint density at radius 1 is 1.30 bits per heavy atom. The lowest BCUT2D eigenvalue weighted by Gasteiger charge is -2.22. The van der Waals surface area contributed by atoms with Crippen LogP contribution >= 0.6 is 11.3 Å². The second-order valence-electron chi connectivity index (χ2n) is 6.15. The largest absolute Gasteiger partial charge is 0.344 e. The average molecular weight is 331 g/mol. The van der Waals surface area contributed by atoms with Crippen LogP contribution in [0.4, 0.5) is 5.13 Å². The number of fused-ring (bicyclic) bond motifs is 1. The summed E-state index contributed by atoms with van der Waals surface area (Å²) in [6, 6.07) is 5.52. The first-order valence-corrected chi connectivity index (χ1v) is 8.80. The minimum atomic E-state index is -0.469. The fraction of sp³-hybridized carbons (Fsp3) is 0.471. The lowest BCUT2D eigenvalue weighted by Crippen LogP contribution is -2.47. The van der Waals surface area contributed by atoms with Crippen LogP contribution < -0.4 is 10.6 Å².